The van der Waals surface area contributed by atoms with Gasteiger partial charge in [-0.2, -0.15) is 0 Å². The maximum Gasteiger partial charge on any atom is 0.255 e. The smallest absolute Gasteiger partial charge is 0.255 e. The Hall–Kier alpha value is -4.38. The first-order valence-corrected chi connectivity index (χ1v) is 12.7. The van der Waals surface area contributed by atoms with Crippen LogP contribution < -0.4 is 35.7 Å². The van der Waals surface area contributed by atoms with E-state index in [1.165, 1.54) is 58.8 Å². The highest BCUT2D eigenvalue weighted by Gasteiger charge is 2.16. The number of hydrogen-bond acceptors (Lipinski definition) is 9. The van der Waals surface area contributed by atoms with Gasteiger partial charge in [0.1, 0.15) is 23.0 Å². The molecule has 0 bridgehead atoms. The molecule has 5 N–H and O–H groups in total. The number of carbonyl (C=O) groups is 1. The van der Waals surface area contributed by atoms with Gasteiger partial charge in [-0.25, -0.2) is 8.42 Å². The Balaban J connectivity index is 1.87. The van der Waals surface area contributed by atoms with Crippen molar-refractivity contribution in [3.05, 3.63) is 70.6 Å². The third-order valence-corrected chi connectivity index (χ3v) is 6.60. The van der Waals surface area contributed by atoms with Crippen molar-refractivity contribution >= 4 is 38.9 Å². The van der Waals surface area contributed by atoms with Crippen molar-refractivity contribution in [3.8, 4) is 23.0 Å². The molecule has 0 saturated heterocycles. The summed E-state index contributed by atoms with van der Waals surface area (Å²) in [5.74, 6) is 0.828. The molecule has 0 aliphatic heterocycles. The van der Waals surface area contributed by atoms with Crippen LogP contribution in [0.1, 0.15) is 21.5 Å². The normalized spacial score (nSPS) is 11.2. The SMILES string of the molecule is COc1cc(OC)c(/C=C\S(=O)(=O)Cc2ccc(OC)c(NC(=O)c3cc(N)cc(N)c3)c2)c(OC)c1. The van der Waals surface area contributed by atoms with E-state index in [1.807, 2.05) is 0 Å². The Bertz CT molecular complexity index is 1390. The van der Waals surface area contributed by atoms with Gasteiger partial charge >= 0.3 is 0 Å². The first kappa shape index (κ1) is 27.2. The molecule has 0 unspecified atom stereocenters. The van der Waals surface area contributed by atoms with E-state index in [0.717, 1.165) is 5.41 Å². The second-order valence-corrected chi connectivity index (χ2v) is 9.82. The number of nitrogens with one attached hydrogen (secondary N) is 1. The molecule has 37 heavy (non-hydrogen) atoms. The first-order chi connectivity index (χ1) is 17.6. The summed E-state index contributed by atoms with van der Waals surface area (Å²) in [5, 5.41) is 3.81. The summed E-state index contributed by atoms with van der Waals surface area (Å²) in [6.45, 7) is 0. The Morgan fingerprint density at radius 2 is 1.43 bits per heavy atom. The van der Waals surface area contributed by atoms with Crippen LogP contribution in [0.5, 0.6) is 23.0 Å². The summed E-state index contributed by atoms with van der Waals surface area (Å²) in [5.41, 5.74) is 13.7. The van der Waals surface area contributed by atoms with E-state index < -0.39 is 15.7 Å². The maximum atomic E-state index is 12.9. The lowest BCUT2D eigenvalue weighted by molar-refractivity contribution is 0.102. The van der Waals surface area contributed by atoms with Crippen LogP contribution in [0.2, 0.25) is 0 Å². The number of hydrogen-bond donors (Lipinski definition) is 3. The van der Waals surface area contributed by atoms with Crippen molar-refractivity contribution in [2.24, 2.45) is 0 Å². The van der Waals surface area contributed by atoms with Crippen molar-refractivity contribution < 1.29 is 32.2 Å². The molecule has 3 aromatic rings. The number of nitrogens with two attached hydrogens (primary N) is 2. The number of amides is 1. The molecule has 0 saturated carbocycles. The van der Waals surface area contributed by atoms with Gasteiger partial charge in [0.05, 0.1) is 45.4 Å². The number of sulfone groups is 1. The topological polar surface area (TPSA) is 152 Å². The molecule has 3 rings (SSSR count). The molecule has 0 aliphatic carbocycles. The number of rotatable bonds is 10. The van der Waals surface area contributed by atoms with Crippen LogP contribution in [0.15, 0.2) is 53.9 Å². The van der Waals surface area contributed by atoms with E-state index in [0.29, 0.717) is 51.2 Å². The second kappa shape index (κ2) is 11.6. The highest BCUT2D eigenvalue weighted by molar-refractivity contribution is 7.93. The maximum absolute atomic E-state index is 12.9. The fourth-order valence-electron chi connectivity index (χ4n) is 3.59. The third-order valence-electron chi connectivity index (χ3n) is 5.31. The highest BCUT2D eigenvalue weighted by Crippen LogP contribution is 2.35. The zero-order valence-corrected chi connectivity index (χ0v) is 21.7. The molecule has 1 amide bonds. The summed E-state index contributed by atoms with van der Waals surface area (Å²) in [4.78, 5) is 12.8. The molecular formula is C26H29N3O7S. The highest BCUT2D eigenvalue weighted by atomic mass is 32.2. The Kier molecular flexibility index (Phi) is 8.51. The Morgan fingerprint density at radius 1 is 0.838 bits per heavy atom. The van der Waals surface area contributed by atoms with E-state index in [1.54, 1.807) is 24.3 Å². The molecule has 0 heterocycles. The molecule has 0 aromatic heterocycles. The predicted octanol–water partition coefficient (Wildman–Crippen LogP) is 3.72. The van der Waals surface area contributed by atoms with Gasteiger partial charge in [-0.15, -0.1) is 0 Å². The van der Waals surface area contributed by atoms with Gasteiger partial charge in [0.2, 0.25) is 0 Å². The molecule has 0 atom stereocenters. The van der Waals surface area contributed by atoms with Crippen molar-refractivity contribution in [1.82, 2.24) is 0 Å². The van der Waals surface area contributed by atoms with E-state index >= 15 is 0 Å². The van der Waals surface area contributed by atoms with Crippen molar-refractivity contribution in [1.29, 1.82) is 0 Å². The zero-order chi connectivity index (χ0) is 27.2. The second-order valence-electron chi connectivity index (χ2n) is 7.93. The molecule has 10 nitrogen and oxygen atoms in total. The summed E-state index contributed by atoms with van der Waals surface area (Å²) in [6.07, 6.45) is 1.41. The summed E-state index contributed by atoms with van der Waals surface area (Å²) in [7, 11) is 2.14. The molecule has 0 aliphatic rings. The number of carbonyl (C=O) groups excluding carboxylic acids is 1. The van der Waals surface area contributed by atoms with Gasteiger partial charge in [0.15, 0.2) is 9.84 Å². The average Bonchev–Trinajstić information content (AvgIpc) is 2.86. The van der Waals surface area contributed by atoms with Gasteiger partial charge in [-0.3, -0.25) is 4.79 Å². The molecule has 3 aromatic carbocycles. The van der Waals surface area contributed by atoms with E-state index in [9.17, 15) is 13.2 Å². The largest absolute Gasteiger partial charge is 0.496 e. The van der Waals surface area contributed by atoms with Crippen LogP contribution in [-0.2, 0) is 15.6 Å². The van der Waals surface area contributed by atoms with Gasteiger partial charge in [0.25, 0.3) is 5.91 Å². The van der Waals surface area contributed by atoms with Crippen molar-refractivity contribution in [2.75, 3.05) is 45.2 Å². The monoisotopic (exact) mass is 527 g/mol. The zero-order valence-electron chi connectivity index (χ0n) is 20.9. The molecule has 0 radical (unpaired) electrons. The number of methoxy groups -OCH3 is 4. The fraction of sp³-hybridized carbons (Fsp3) is 0.192. The molecule has 196 valence electrons. The minimum Gasteiger partial charge on any atom is -0.496 e. The quantitative estimate of drug-likeness (QED) is 0.335. The van der Waals surface area contributed by atoms with Crippen LogP contribution in [0.25, 0.3) is 6.08 Å². The Morgan fingerprint density at radius 3 is 1.97 bits per heavy atom. The molecule has 11 heteroatoms. The predicted molar refractivity (Wildman–Crippen MR) is 144 cm³/mol. The summed E-state index contributed by atoms with van der Waals surface area (Å²) in [6, 6.07) is 12.5. The van der Waals surface area contributed by atoms with Crippen molar-refractivity contribution in [3.63, 3.8) is 0 Å². The lowest BCUT2D eigenvalue weighted by atomic mass is 10.1. The number of anilines is 3. The molecule has 0 fully saturated rings. The first-order valence-electron chi connectivity index (χ1n) is 10.9. The number of benzene rings is 3. The lowest BCUT2D eigenvalue weighted by Crippen LogP contribution is -2.14. The van der Waals surface area contributed by atoms with E-state index in [-0.39, 0.29) is 11.3 Å². The molecule has 0 spiro atoms. The van der Waals surface area contributed by atoms with Gasteiger partial charge < -0.3 is 35.7 Å². The Labute approximate surface area is 215 Å². The number of nitrogen functional groups attached to an aromatic ring is 2. The van der Waals surface area contributed by atoms with Crippen molar-refractivity contribution in [2.45, 2.75) is 5.75 Å². The minimum absolute atomic E-state index is 0.253. The van der Waals surface area contributed by atoms with Gasteiger partial charge in [-0.1, -0.05) is 6.07 Å². The standard InChI is InChI=1S/C26H29N3O7S/c1-33-20-13-24(35-3)21(25(14-20)36-4)7-8-37(31,32)15-16-5-6-23(34-2)22(9-16)29-26(30)17-10-18(27)12-19(28)11-17/h5-14H,15,27-28H2,1-4H3,(H,29,30)/b8-7-. The van der Waals surface area contributed by atoms with Crippen LogP contribution in [-0.4, -0.2) is 42.8 Å². The molecular weight excluding hydrogens is 498 g/mol. The summed E-state index contributed by atoms with van der Waals surface area (Å²) < 4.78 is 47.2. The fourth-order valence-corrected chi connectivity index (χ4v) is 4.68. The van der Waals surface area contributed by atoms with E-state index in [4.69, 9.17) is 30.4 Å². The van der Waals surface area contributed by atoms with Crippen LogP contribution >= 0.6 is 0 Å². The van der Waals surface area contributed by atoms with E-state index in [2.05, 4.69) is 5.32 Å². The van der Waals surface area contributed by atoms with Crippen LogP contribution in [0.4, 0.5) is 17.1 Å². The minimum atomic E-state index is -3.74. The third kappa shape index (κ3) is 6.85. The lowest BCUT2D eigenvalue weighted by Gasteiger charge is -2.13. The number of ether oxygens (including phenoxy) is 4. The van der Waals surface area contributed by atoms with Gasteiger partial charge in [0, 0.05) is 34.5 Å². The van der Waals surface area contributed by atoms with Crippen LogP contribution in [0, 0.1) is 0 Å². The van der Waals surface area contributed by atoms with Crippen LogP contribution in [0.3, 0.4) is 0 Å². The van der Waals surface area contributed by atoms with Gasteiger partial charge in [-0.05, 0) is 42.0 Å². The summed E-state index contributed by atoms with van der Waals surface area (Å²) >= 11 is 0. The average molecular weight is 528 g/mol.